The fourth-order valence-corrected chi connectivity index (χ4v) is 5.98. The van der Waals surface area contributed by atoms with Crippen LogP contribution in [0.2, 0.25) is 0 Å². The SMILES string of the molecule is C=C1C[C@H](C)C[C@@H]2CC=C[C@@H](C/C=C\C(=O)O[C@H]([C@@H](C)/C=C/[C@@H]3CC(C)=CCO3)C[C@H]3O[C@H]3[C@@H](OP)C1)O2. The van der Waals surface area contributed by atoms with Crippen molar-refractivity contribution in [3.05, 3.63) is 60.3 Å². The van der Waals surface area contributed by atoms with Crippen molar-refractivity contribution in [3.8, 4) is 0 Å². The van der Waals surface area contributed by atoms with E-state index in [0.717, 1.165) is 32.1 Å². The Morgan fingerprint density at radius 1 is 1.16 bits per heavy atom. The fourth-order valence-electron chi connectivity index (χ4n) is 5.73. The number of rotatable bonds is 4. The highest BCUT2D eigenvalue weighted by atomic mass is 31.0. The Kier molecular flexibility index (Phi) is 11.0. The van der Waals surface area contributed by atoms with Gasteiger partial charge in [0.05, 0.1) is 37.1 Å². The first-order valence-corrected chi connectivity index (χ1v) is 14.6. The Bertz CT molecular complexity index is 939. The van der Waals surface area contributed by atoms with Gasteiger partial charge in [0.25, 0.3) is 0 Å². The summed E-state index contributed by atoms with van der Waals surface area (Å²) in [7, 11) is 2.40. The van der Waals surface area contributed by atoms with Crippen molar-refractivity contribution in [1.29, 1.82) is 0 Å². The minimum atomic E-state index is -0.335. The second-order valence-electron chi connectivity index (χ2n) is 11.5. The summed E-state index contributed by atoms with van der Waals surface area (Å²) in [6, 6.07) is 0. The first-order chi connectivity index (χ1) is 18.3. The van der Waals surface area contributed by atoms with Crippen molar-refractivity contribution >= 4 is 15.4 Å². The molecule has 7 heteroatoms. The van der Waals surface area contributed by atoms with Gasteiger partial charge in [0.15, 0.2) is 0 Å². The van der Waals surface area contributed by atoms with Gasteiger partial charge in [-0.1, -0.05) is 68.0 Å². The molecule has 4 heterocycles. The van der Waals surface area contributed by atoms with Crippen molar-refractivity contribution in [1.82, 2.24) is 0 Å². The maximum atomic E-state index is 12.8. The van der Waals surface area contributed by atoms with Crippen LogP contribution in [0.5, 0.6) is 0 Å². The molecule has 1 saturated heterocycles. The van der Waals surface area contributed by atoms with Gasteiger partial charge in [0.2, 0.25) is 0 Å². The van der Waals surface area contributed by atoms with Crippen molar-refractivity contribution in [2.75, 3.05) is 6.61 Å². The molecule has 4 rings (SSSR count). The minimum absolute atomic E-state index is 0.00848. The molecule has 4 aliphatic heterocycles. The van der Waals surface area contributed by atoms with Crippen LogP contribution in [-0.2, 0) is 28.3 Å². The Hall–Kier alpha value is -1.56. The monoisotopic (exact) mass is 544 g/mol. The lowest BCUT2D eigenvalue weighted by Gasteiger charge is -2.28. The van der Waals surface area contributed by atoms with Crippen LogP contribution in [0.3, 0.4) is 0 Å². The predicted octanol–water partition coefficient (Wildman–Crippen LogP) is 6.19. The Morgan fingerprint density at radius 3 is 2.79 bits per heavy atom. The normalized spacial score (nSPS) is 38.9. The van der Waals surface area contributed by atoms with Crippen LogP contribution in [-0.4, -0.2) is 55.3 Å². The molecule has 0 amide bonds. The van der Waals surface area contributed by atoms with Crippen LogP contribution in [0.15, 0.2) is 60.3 Å². The molecule has 0 aliphatic carbocycles. The van der Waals surface area contributed by atoms with E-state index in [1.165, 1.54) is 17.2 Å². The first kappa shape index (κ1) is 29.4. The van der Waals surface area contributed by atoms with Crippen molar-refractivity contribution in [2.45, 2.75) is 108 Å². The van der Waals surface area contributed by atoms with E-state index in [9.17, 15) is 4.79 Å². The van der Waals surface area contributed by atoms with Crippen molar-refractivity contribution in [3.63, 3.8) is 0 Å². The number of hydrogen-bond acceptors (Lipinski definition) is 6. The molecule has 1 unspecified atom stereocenters. The molecule has 10 atom stereocenters. The van der Waals surface area contributed by atoms with E-state index in [1.54, 1.807) is 0 Å². The number of cyclic esters (lactones) is 1. The van der Waals surface area contributed by atoms with Crippen molar-refractivity contribution in [2.24, 2.45) is 11.8 Å². The van der Waals surface area contributed by atoms with E-state index in [1.807, 2.05) is 6.08 Å². The Labute approximate surface area is 230 Å². The summed E-state index contributed by atoms with van der Waals surface area (Å²) in [6.45, 7) is 11.5. The van der Waals surface area contributed by atoms with E-state index >= 15 is 0 Å². The van der Waals surface area contributed by atoms with Gasteiger partial charge in [-0.2, -0.15) is 0 Å². The molecule has 38 heavy (non-hydrogen) atoms. The highest BCUT2D eigenvalue weighted by molar-refractivity contribution is 7.09. The number of ether oxygens (including phenoxy) is 4. The van der Waals surface area contributed by atoms with Crippen LogP contribution in [0.25, 0.3) is 0 Å². The van der Waals surface area contributed by atoms with Gasteiger partial charge in [-0.3, -0.25) is 0 Å². The lowest BCUT2D eigenvalue weighted by molar-refractivity contribution is -0.145. The van der Waals surface area contributed by atoms with Gasteiger partial charge in [0.1, 0.15) is 12.2 Å². The average Bonchev–Trinajstić information content (AvgIpc) is 3.64. The molecule has 0 N–H and O–H groups in total. The third-order valence-corrected chi connectivity index (χ3v) is 8.26. The molecular formula is C31H45O6P. The summed E-state index contributed by atoms with van der Waals surface area (Å²) in [4.78, 5) is 12.8. The Balaban J connectivity index is 1.46. The summed E-state index contributed by atoms with van der Waals surface area (Å²) in [5.74, 6) is 0.141. The molecular weight excluding hydrogens is 499 g/mol. The molecule has 6 nitrogen and oxygen atoms in total. The molecule has 0 saturated carbocycles. The van der Waals surface area contributed by atoms with Gasteiger partial charge in [-0.15, -0.1) is 0 Å². The molecule has 0 aromatic heterocycles. The number of carbonyl (C=O) groups is 1. The zero-order chi connectivity index (χ0) is 27.1. The topological polar surface area (TPSA) is 66.5 Å². The molecule has 0 radical (unpaired) electrons. The number of epoxide rings is 1. The lowest BCUT2D eigenvalue weighted by Crippen LogP contribution is -2.28. The zero-order valence-corrected chi connectivity index (χ0v) is 24.3. The van der Waals surface area contributed by atoms with E-state index in [0.29, 0.717) is 25.4 Å². The van der Waals surface area contributed by atoms with Gasteiger partial charge in [-0.25, -0.2) is 4.79 Å². The molecule has 210 valence electrons. The summed E-state index contributed by atoms with van der Waals surface area (Å²) >= 11 is 0. The standard InChI is InChI=1S/C31H45O6P/c1-20-13-14-33-25(16-20)12-11-23(4)27-19-28-31(36-28)29(37-38)18-22(3)15-21(2)17-26-9-5-7-24(34-26)8-6-10-30(32)35-27/h5-7,10-13,21,23-29,31H,3,8-9,14-19,38H2,1-2,4H3/b10-6-,12-11+/t21-,23-,24-,25+,26-,27-,28+,29-,31+/m0/s1. The van der Waals surface area contributed by atoms with Crippen LogP contribution < -0.4 is 0 Å². The smallest absolute Gasteiger partial charge is 0.330 e. The molecule has 1 fully saturated rings. The molecule has 4 aliphatic rings. The van der Waals surface area contributed by atoms with Crippen LogP contribution in [0.1, 0.15) is 65.7 Å². The maximum Gasteiger partial charge on any atom is 0.330 e. The third-order valence-electron chi connectivity index (χ3n) is 7.91. The molecule has 0 aromatic rings. The second-order valence-corrected chi connectivity index (χ2v) is 11.8. The number of fused-ring (bicyclic) bond motifs is 3. The summed E-state index contributed by atoms with van der Waals surface area (Å²) in [5, 5.41) is 0. The maximum absolute atomic E-state index is 12.8. The van der Waals surface area contributed by atoms with Gasteiger partial charge < -0.3 is 23.5 Å². The fraction of sp³-hybridized carbons (Fsp3) is 0.645. The molecule has 0 spiro atoms. The number of carbonyl (C=O) groups excluding carboxylic acids is 1. The van der Waals surface area contributed by atoms with E-state index in [-0.39, 0.29) is 54.6 Å². The largest absolute Gasteiger partial charge is 0.459 e. The second kappa shape index (κ2) is 14.2. The van der Waals surface area contributed by atoms with Gasteiger partial charge >= 0.3 is 5.97 Å². The van der Waals surface area contributed by atoms with E-state index in [2.05, 4.69) is 67.2 Å². The Morgan fingerprint density at radius 2 is 2.00 bits per heavy atom. The van der Waals surface area contributed by atoms with E-state index in [4.69, 9.17) is 23.5 Å². The zero-order valence-electron chi connectivity index (χ0n) is 23.1. The molecule has 0 aromatic carbocycles. The quantitative estimate of drug-likeness (QED) is 0.182. The van der Waals surface area contributed by atoms with Crippen LogP contribution >= 0.6 is 9.47 Å². The summed E-state index contributed by atoms with van der Waals surface area (Å²) in [5.41, 5.74) is 2.50. The van der Waals surface area contributed by atoms with Gasteiger partial charge in [-0.05, 0) is 51.4 Å². The summed E-state index contributed by atoms with van der Waals surface area (Å²) in [6.07, 6.45) is 19.5. The highest BCUT2D eigenvalue weighted by Gasteiger charge is 2.47. The minimum Gasteiger partial charge on any atom is -0.459 e. The third kappa shape index (κ3) is 8.99. The van der Waals surface area contributed by atoms with E-state index < -0.39 is 0 Å². The summed E-state index contributed by atoms with van der Waals surface area (Å²) < 4.78 is 30.0. The average molecular weight is 545 g/mol. The van der Waals surface area contributed by atoms with Crippen LogP contribution in [0, 0.1) is 11.8 Å². The lowest BCUT2D eigenvalue weighted by atomic mass is 9.90. The highest BCUT2D eigenvalue weighted by Crippen LogP contribution is 2.37. The molecule has 2 bridgehead atoms. The first-order valence-electron chi connectivity index (χ1n) is 14.1. The predicted molar refractivity (Wildman–Crippen MR) is 152 cm³/mol. The number of hydrogen-bond donors (Lipinski definition) is 0. The van der Waals surface area contributed by atoms with Crippen LogP contribution in [0.4, 0.5) is 0 Å². The number of esters is 1. The van der Waals surface area contributed by atoms with Gasteiger partial charge in [0, 0.05) is 27.9 Å². The van der Waals surface area contributed by atoms with Crippen molar-refractivity contribution < 1.29 is 28.3 Å².